The SMILES string of the molecule is C#CCN(C)C(=O)C1=COCCO1. The second-order valence-electron chi connectivity index (χ2n) is 2.57. The fourth-order valence-corrected chi connectivity index (χ4v) is 0.877. The summed E-state index contributed by atoms with van der Waals surface area (Å²) in [6.07, 6.45) is 6.38. The highest BCUT2D eigenvalue weighted by atomic mass is 16.6. The molecule has 0 N–H and O–H groups in total. The Bertz CT molecular complexity index is 265. The molecule has 0 radical (unpaired) electrons. The zero-order chi connectivity index (χ0) is 9.68. The molecule has 0 aromatic carbocycles. The Morgan fingerprint density at radius 2 is 2.54 bits per heavy atom. The van der Waals surface area contributed by atoms with Gasteiger partial charge in [-0.2, -0.15) is 0 Å². The molecule has 1 amide bonds. The lowest BCUT2D eigenvalue weighted by molar-refractivity contribution is -0.130. The molecule has 0 unspecified atom stereocenters. The Morgan fingerprint density at radius 1 is 1.77 bits per heavy atom. The topological polar surface area (TPSA) is 38.8 Å². The molecule has 0 saturated carbocycles. The number of carbonyl (C=O) groups is 1. The number of hydrogen-bond acceptors (Lipinski definition) is 3. The van der Waals surface area contributed by atoms with Crippen LogP contribution >= 0.6 is 0 Å². The molecule has 1 rings (SSSR count). The first kappa shape index (κ1) is 9.46. The summed E-state index contributed by atoms with van der Waals surface area (Å²) in [4.78, 5) is 12.8. The first-order valence-corrected chi connectivity index (χ1v) is 3.89. The minimum Gasteiger partial charge on any atom is -0.494 e. The number of likely N-dealkylation sites (N-methyl/N-ethyl adjacent to an activating group) is 1. The van der Waals surface area contributed by atoms with Gasteiger partial charge in [0.1, 0.15) is 19.5 Å². The minimum atomic E-state index is -0.252. The van der Waals surface area contributed by atoms with Crippen molar-refractivity contribution in [2.24, 2.45) is 0 Å². The normalized spacial score (nSPS) is 14.6. The van der Waals surface area contributed by atoms with Crippen molar-refractivity contribution in [2.75, 3.05) is 26.8 Å². The van der Waals surface area contributed by atoms with Crippen LogP contribution in [0.25, 0.3) is 0 Å². The van der Waals surface area contributed by atoms with Gasteiger partial charge < -0.3 is 14.4 Å². The van der Waals surface area contributed by atoms with Crippen LogP contribution in [0.1, 0.15) is 0 Å². The summed E-state index contributed by atoms with van der Waals surface area (Å²) in [6, 6.07) is 0. The first-order valence-electron chi connectivity index (χ1n) is 3.89. The van der Waals surface area contributed by atoms with Gasteiger partial charge in [0.05, 0.1) is 6.54 Å². The van der Waals surface area contributed by atoms with E-state index in [0.717, 1.165) is 0 Å². The van der Waals surface area contributed by atoms with Gasteiger partial charge in [0.25, 0.3) is 5.91 Å². The van der Waals surface area contributed by atoms with E-state index < -0.39 is 0 Å². The Hall–Kier alpha value is -1.63. The largest absolute Gasteiger partial charge is 0.494 e. The monoisotopic (exact) mass is 181 g/mol. The molecule has 1 heterocycles. The number of hydrogen-bond donors (Lipinski definition) is 0. The molecule has 0 aromatic rings. The van der Waals surface area contributed by atoms with Gasteiger partial charge in [-0.15, -0.1) is 6.42 Å². The third-order valence-electron chi connectivity index (χ3n) is 1.54. The molecule has 0 bridgehead atoms. The summed E-state index contributed by atoms with van der Waals surface area (Å²) in [5, 5.41) is 0. The highest BCUT2D eigenvalue weighted by Crippen LogP contribution is 2.06. The van der Waals surface area contributed by atoms with E-state index in [1.807, 2.05) is 0 Å². The van der Waals surface area contributed by atoms with E-state index in [-0.39, 0.29) is 18.2 Å². The molecule has 0 saturated heterocycles. The van der Waals surface area contributed by atoms with E-state index in [4.69, 9.17) is 15.9 Å². The van der Waals surface area contributed by atoms with Gasteiger partial charge in [0.2, 0.25) is 5.76 Å². The average molecular weight is 181 g/mol. The van der Waals surface area contributed by atoms with Gasteiger partial charge in [-0.1, -0.05) is 5.92 Å². The Labute approximate surface area is 77.1 Å². The zero-order valence-corrected chi connectivity index (χ0v) is 7.45. The number of carbonyl (C=O) groups excluding carboxylic acids is 1. The fourth-order valence-electron chi connectivity index (χ4n) is 0.877. The van der Waals surface area contributed by atoms with Crippen LogP contribution in [0.3, 0.4) is 0 Å². The molecule has 70 valence electrons. The third-order valence-corrected chi connectivity index (χ3v) is 1.54. The van der Waals surface area contributed by atoms with Crippen molar-refractivity contribution in [3.05, 3.63) is 12.0 Å². The Kier molecular flexibility index (Phi) is 3.21. The van der Waals surface area contributed by atoms with Crippen molar-refractivity contribution >= 4 is 5.91 Å². The standard InChI is InChI=1S/C9H11NO3/c1-3-4-10(2)9(11)8-7-12-5-6-13-8/h1,7H,4-6H2,2H3. The lowest BCUT2D eigenvalue weighted by Crippen LogP contribution is -2.30. The smallest absolute Gasteiger partial charge is 0.292 e. The number of amides is 1. The van der Waals surface area contributed by atoms with Crippen molar-refractivity contribution in [1.82, 2.24) is 4.90 Å². The predicted molar refractivity (Wildman–Crippen MR) is 46.5 cm³/mol. The molecule has 13 heavy (non-hydrogen) atoms. The summed E-state index contributed by atoms with van der Waals surface area (Å²) in [5.41, 5.74) is 0. The average Bonchev–Trinajstić information content (AvgIpc) is 2.18. The molecule has 0 spiro atoms. The lowest BCUT2D eigenvalue weighted by atomic mass is 10.4. The van der Waals surface area contributed by atoms with E-state index in [1.165, 1.54) is 11.2 Å². The molecule has 0 atom stereocenters. The van der Waals surface area contributed by atoms with Crippen molar-refractivity contribution in [2.45, 2.75) is 0 Å². The summed E-state index contributed by atoms with van der Waals surface area (Å²) in [5.74, 6) is 2.33. The number of ether oxygens (including phenoxy) is 2. The molecule has 4 nitrogen and oxygen atoms in total. The van der Waals surface area contributed by atoms with Crippen LogP contribution in [0, 0.1) is 12.3 Å². The summed E-state index contributed by atoms with van der Waals surface area (Å²) >= 11 is 0. The highest BCUT2D eigenvalue weighted by molar-refractivity contribution is 5.91. The van der Waals surface area contributed by atoms with E-state index in [1.54, 1.807) is 7.05 Å². The summed E-state index contributed by atoms with van der Waals surface area (Å²) < 4.78 is 10.0. The van der Waals surface area contributed by atoms with Crippen LogP contribution in [0.15, 0.2) is 12.0 Å². The van der Waals surface area contributed by atoms with E-state index in [2.05, 4.69) is 5.92 Å². The zero-order valence-electron chi connectivity index (χ0n) is 7.45. The highest BCUT2D eigenvalue weighted by Gasteiger charge is 2.18. The third kappa shape index (κ3) is 2.41. The predicted octanol–water partition coefficient (Wildman–Crippen LogP) is -0.0338. The summed E-state index contributed by atoms with van der Waals surface area (Å²) in [6.45, 7) is 1.15. The molecule has 1 aliphatic heterocycles. The van der Waals surface area contributed by atoms with Gasteiger partial charge in [0.15, 0.2) is 0 Å². The Morgan fingerprint density at radius 3 is 3.08 bits per heavy atom. The van der Waals surface area contributed by atoms with Gasteiger partial charge in [-0.05, 0) is 0 Å². The van der Waals surface area contributed by atoms with Gasteiger partial charge in [-0.3, -0.25) is 4.79 Å². The summed E-state index contributed by atoms with van der Waals surface area (Å²) in [7, 11) is 1.61. The molecule has 0 fully saturated rings. The van der Waals surface area contributed by atoms with Crippen LogP contribution in [-0.2, 0) is 14.3 Å². The number of terminal acetylenes is 1. The molecular formula is C9H11NO3. The Balaban J connectivity index is 2.56. The van der Waals surface area contributed by atoms with Gasteiger partial charge in [-0.25, -0.2) is 0 Å². The van der Waals surface area contributed by atoms with Crippen molar-refractivity contribution < 1.29 is 14.3 Å². The fraction of sp³-hybridized carbons (Fsp3) is 0.444. The van der Waals surface area contributed by atoms with E-state index >= 15 is 0 Å². The quantitative estimate of drug-likeness (QED) is 0.561. The lowest BCUT2D eigenvalue weighted by Gasteiger charge is -2.19. The molecule has 1 aliphatic rings. The van der Waals surface area contributed by atoms with Crippen LogP contribution in [0.5, 0.6) is 0 Å². The van der Waals surface area contributed by atoms with Crippen molar-refractivity contribution in [3.8, 4) is 12.3 Å². The number of nitrogens with zero attached hydrogens (tertiary/aromatic N) is 1. The molecular weight excluding hydrogens is 170 g/mol. The molecule has 0 aromatic heterocycles. The van der Waals surface area contributed by atoms with Crippen molar-refractivity contribution in [3.63, 3.8) is 0 Å². The van der Waals surface area contributed by atoms with E-state index in [0.29, 0.717) is 13.2 Å². The van der Waals surface area contributed by atoms with Crippen molar-refractivity contribution in [1.29, 1.82) is 0 Å². The number of rotatable bonds is 2. The van der Waals surface area contributed by atoms with Crippen LogP contribution in [0.4, 0.5) is 0 Å². The second kappa shape index (κ2) is 4.41. The second-order valence-corrected chi connectivity index (χ2v) is 2.57. The maximum Gasteiger partial charge on any atom is 0.292 e. The molecule has 4 heteroatoms. The first-order chi connectivity index (χ1) is 6.25. The maximum atomic E-state index is 11.4. The van der Waals surface area contributed by atoms with Gasteiger partial charge >= 0.3 is 0 Å². The van der Waals surface area contributed by atoms with Gasteiger partial charge in [0, 0.05) is 7.05 Å². The minimum absolute atomic E-state index is 0.212. The molecule has 0 aliphatic carbocycles. The van der Waals surface area contributed by atoms with Crippen LogP contribution in [-0.4, -0.2) is 37.6 Å². The van der Waals surface area contributed by atoms with Crippen LogP contribution in [0.2, 0.25) is 0 Å². The van der Waals surface area contributed by atoms with Crippen LogP contribution < -0.4 is 0 Å². The van der Waals surface area contributed by atoms with E-state index in [9.17, 15) is 4.79 Å². The maximum absolute atomic E-state index is 11.4.